The van der Waals surface area contributed by atoms with Gasteiger partial charge in [0, 0.05) is 6.04 Å². The van der Waals surface area contributed by atoms with E-state index in [0.29, 0.717) is 10.2 Å². The van der Waals surface area contributed by atoms with Crippen LogP contribution < -0.4 is 5.32 Å². The molecule has 0 saturated heterocycles. The molecule has 1 saturated carbocycles. The molecule has 2 unspecified atom stereocenters. The highest BCUT2D eigenvalue weighted by molar-refractivity contribution is 9.10. The van der Waals surface area contributed by atoms with E-state index >= 15 is 0 Å². The molecule has 1 amide bonds. The van der Waals surface area contributed by atoms with Gasteiger partial charge in [0.05, 0.1) is 24.9 Å². The average molecular weight is 316 g/mol. The van der Waals surface area contributed by atoms with Crippen LogP contribution in [0, 0.1) is 5.92 Å². The van der Waals surface area contributed by atoms with Crippen LogP contribution >= 0.6 is 15.9 Å². The molecule has 1 aromatic heterocycles. The molecule has 0 aromatic carbocycles. The monoisotopic (exact) mass is 315 g/mol. The number of halogens is 1. The van der Waals surface area contributed by atoms with Crippen molar-refractivity contribution in [2.24, 2.45) is 5.92 Å². The molecular formula is C12H14BrNO4. The van der Waals surface area contributed by atoms with E-state index in [4.69, 9.17) is 9.15 Å². The van der Waals surface area contributed by atoms with Crippen LogP contribution in [0.2, 0.25) is 0 Å². The molecule has 98 valence electrons. The van der Waals surface area contributed by atoms with Crippen molar-refractivity contribution in [3.63, 3.8) is 0 Å². The van der Waals surface area contributed by atoms with Crippen LogP contribution in [-0.4, -0.2) is 25.0 Å². The third kappa shape index (κ3) is 2.58. The van der Waals surface area contributed by atoms with E-state index in [9.17, 15) is 9.59 Å². The van der Waals surface area contributed by atoms with Gasteiger partial charge in [0.15, 0.2) is 4.67 Å². The highest BCUT2D eigenvalue weighted by Gasteiger charge is 2.35. The van der Waals surface area contributed by atoms with E-state index in [2.05, 4.69) is 21.2 Å². The van der Waals surface area contributed by atoms with Crippen LogP contribution in [0.1, 0.15) is 29.6 Å². The van der Waals surface area contributed by atoms with Crippen molar-refractivity contribution in [2.45, 2.75) is 25.3 Å². The molecular weight excluding hydrogens is 302 g/mol. The molecule has 6 heteroatoms. The van der Waals surface area contributed by atoms with E-state index in [1.807, 2.05) is 0 Å². The minimum absolute atomic E-state index is 0.160. The minimum atomic E-state index is -0.260. The smallest absolute Gasteiger partial charge is 0.310 e. The molecule has 1 fully saturated rings. The van der Waals surface area contributed by atoms with Crippen LogP contribution in [0.5, 0.6) is 0 Å². The quantitative estimate of drug-likeness (QED) is 0.867. The highest BCUT2D eigenvalue weighted by atomic mass is 79.9. The summed E-state index contributed by atoms with van der Waals surface area (Å²) < 4.78 is 10.1. The zero-order chi connectivity index (χ0) is 13.1. The van der Waals surface area contributed by atoms with E-state index in [-0.39, 0.29) is 23.8 Å². The van der Waals surface area contributed by atoms with Gasteiger partial charge < -0.3 is 14.5 Å². The van der Waals surface area contributed by atoms with Crippen molar-refractivity contribution in [3.8, 4) is 0 Å². The Bertz CT molecular complexity index is 457. The Kier molecular flexibility index (Phi) is 4.06. The van der Waals surface area contributed by atoms with Gasteiger partial charge in [-0.2, -0.15) is 0 Å². The number of carbonyl (C=O) groups excluding carboxylic acids is 2. The fourth-order valence-corrected chi connectivity index (χ4v) is 2.69. The molecule has 18 heavy (non-hydrogen) atoms. The van der Waals surface area contributed by atoms with Crippen molar-refractivity contribution in [3.05, 3.63) is 22.6 Å². The summed E-state index contributed by atoms with van der Waals surface area (Å²) >= 11 is 3.15. The first kappa shape index (κ1) is 13.1. The Morgan fingerprint density at radius 2 is 2.28 bits per heavy atom. The summed E-state index contributed by atoms with van der Waals surface area (Å²) in [7, 11) is 1.37. The van der Waals surface area contributed by atoms with Gasteiger partial charge in [-0.3, -0.25) is 9.59 Å². The number of rotatable bonds is 3. The zero-order valence-electron chi connectivity index (χ0n) is 9.94. The van der Waals surface area contributed by atoms with Crippen molar-refractivity contribution in [2.75, 3.05) is 7.11 Å². The predicted octanol–water partition coefficient (Wildman–Crippen LogP) is 2.11. The highest BCUT2D eigenvalue weighted by Crippen LogP contribution is 2.27. The first-order chi connectivity index (χ1) is 8.63. The van der Waals surface area contributed by atoms with Crippen LogP contribution in [0.25, 0.3) is 0 Å². The number of furan rings is 1. The van der Waals surface area contributed by atoms with Crippen molar-refractivity contribution < 1.29 is 18.7 Å². The second kappa shape index (κ2) is 5.56. The number of methoxy groups -OCH3 is 1. The van der Waals surface area contributed by atoms with Crippen molar-refractivity contribution in [1.82, 2.24) is 5.32 Å². The molecule has 1 aliphatic carbocycles. The maximum Gasteiger partial charge on any atom is 0.310 e. The molecule has 0 bridgehead atoms. The summed E-state index contributed by atoms with van der Waals surface area (Å²) in [6, 6.07) is 1.42. The molecule has 1 aromatic rings. The summed E-state index contributed by atoms with van der Waals surface area (Å²) in [6.07, 6.45) is 3.90. The third-order valence-electron chi connectivity index (χ3n) is 3.20. The summed E-state index contributed by atoms with van der Waals surface area (Å²) in [6.45, 7) is 0. The van der Waals surface area contributed by atoms with Crippen LogP contribution in [0.3, 0.4) is 0 Å². The van der Waals surface area contributed by atoms with Crippen LogP contribution in [0.4, 0.5) is 0 Å². The normalized spacial score (nSPS) is 22.8. The zero-order valence-corrected chi connectivity index (χ0v) is 11.5. The maximum absolute atomic E-state index is 12.0. The number of ether oxygens (including phenoxy) is 1. The second-order valence-corrected chi connectivity index (χ2v) is 4.97. The lowest BCUT2D eigenvalue weighted by atomic mass is 10.0. The number of hydrogen-bond acceptors (Lipinski definition) is 4. The van der Waals surface area contributed by atoms with Gasteiger partial charge in [-0.05, 0) is 34.8 Å². The van der Waals surface area contributed by atoms with Gasteiger partial charge in [-0.15, -0.1) is 0 Å². The molecule has 1 heterocycles. The number of esters is 1. The molecule has 2 rings (SSSR count). The molecule has 0 aliphatic heterocycles. The molecule has 5 nitrogen and oxygen atoms in total. The molecule has 1 N–H and O–H groups in total. The van der Waals surface area contributed by atoms with Crippen LogP contribution in [-0.2, 0) is 9.53 Å². The van der Waals surface area contributed by atoms with E-state index in [0.717, 1.165) is 19.3 Å². The van der Waals surface area contributed by atoms with Crippen molar-refractivity contribution >= 4 is 27.8 Å². The van der Waals surface area contributed by atoms with Gasteiger partial charge in [0.25, 0.3) is 5.91 Å². The Hall–Kier alpha value is -1.30. The first-order valence-corrected chi connectivity index (χ1v) is 6.54. The molecule has 0 spiro atoms. The fourth-order valence-electron chi connectivity index (χ4n) is 2.27. The predicted molar refractivity (Wildman–Crippen MR) is 67.0 cm³/mol. The molecule has 1 aliphatic rings. The maximum atomic E-state index is 12.0. The summed E-state index contributed by atoms with van der Waals surface area (Å²) in [4.78, 5) is 23.5. The van der Waals surface area contributed by atoms with Gasteiger partial charge in [-0.1, -0.05) is 6.42 Å². The number of carbonyl (C=O) groups is 2. The van der Waals surface area contributed by atoms with Gasteiger partial charge in [-0.25, -0.2) is 0 Å². The summed E-state index contributed by atoms with van der Waals surface area (Å²) in [5.74, 6) is -0.745. The van der Waals surface area contributed by atoms with E-state index < -0.39 is 0 Å². The lowest BCUT2D eigenvalue weighted by Crippen LogP contribution is -2.40. The fraction of sp³-hybridized carbons (Fsp3) is 0.500. The Labute approximate surface area is 113 Å². The molecule has 2 atom stereocenters. The Morgan fingerprint density at radius 1 is 1.50 bits per heavy atom. The second-order valence-electron chi connectivity index (χ2n) is 4.25. The standard InChI is InChI=1S/C12H14BrNO4/c1-17-12(16)7-3-2-4-9(7)14-11(15)8-5-6-18-10(8)13/h5-7,9H,2-4H2,1H3,(H,14,15). The summed E-state index contributed by atoms with van der Waals surface area (Å²) in [5.41, 5.74) is 0.436. The van der Waals surface area contributed by atoms with Crippen LogP contribution in [0.15, 0.2) is 21.4 Å². The Morgan fingerprint density at radius 3 is 2.89 bits per heavy atom. The summed E-state index contributed by atoms with van der Waals surface area (Å²) in [5, 5.41) is 2.86. The lowest BCUT2D eigenvalue weighted by Gasteiger charge is -2.18. The SMILES string of the molecule is COC(=O)C1CCCC1NC(=O)c1ccoc1Br. The molecule has 0 radical (unpaired) electrons. The number of hydrogen-bond donors (Lipinski definition) is 1. The van der Waals surface area contributed by atoms with Crippen molar-refractivity contribution in [1.29, 1.82) is 0 Å². The van der Waals surface area contributed by atoms with Gasteiger partial charge in [0.1, 0.15) is 0 Å². The van der Waals surface area contributed by atoms with E-state index in [1.54, 1.807) is 6.07 Å². The number of nitrogens with one attached hydrogen (secondary N) is 1. The average Bonchev–Trinajstić information content (AvgIpc) is 2.97. The Balaban J connectivity index is 2.03. The van der Waals surface area contributed by atoms with E-state index in [1.165, 1.54) is 13.4 Å². The third-order valence-corrected chi connectivity index (χ3v) is 3.81. The minimum Gasteiger partial charge on any atom is -0.469 e. The topological polar surface area (TPSA) is 68.5 Å². The largest absolute Gasteiger partial charge is 0.469 e. The number of amides is 1. The lowest BCUT2D eigenvalue weighted by molar-refractivity contribution is -0.145. The van der Waals surface area contributed by atoms with Gasteiger partial charge in [0.2, 0.25) is 0 Å². The van der Waals surface area contributed by atoms with Gasteiger partial charge >= 0.3 is 5.97 Å². The first-order valence-electron chi connectivity index (χ1n) is 5.75.